The SMILES string of the molecule is NC(CC(=O)Nc1ccccc1-n1cccn1)C1CC1. The Hall–Kier alpha value is -2.14. The van der Waals surface area contributed by atoms with E-state index in [1.54, 1.807) is 10.9 Å². The zero-order valence-corrected chi connectivity index (χ0v) is 11.2. The second kappa shape index (κ2) is 5.46. The Labute approximate surface area is 117 Å². The molecule has 1 heterocycles. The molecule has 20 heavy (non-hydrogen) atoms. The number of carbonyl (C=O) groups is 1. The molecule has 1 amide bonds. The molecule has 1 atom stereocenters. The van der Waals surface area contributed by atoms with E-state index < -0.39 is 0 Å². The minimum Gasteiger partial charge on any atom is -0.327 e. The highest BCUT2D eigenvalue weighted by Crippen LogP contribution is 2.33. The number of amides is 1. The maximum absolute atomic E-state index is 12.1. The number of benzene rings is 1. The van der Waals surface area contributed by atoms with Crippen molar-refractivity contribution in [2.75, 3.05) is 5.32 Å². The lowest BCUT2D eigenvalue weighted by atomic mass is 10.1. The van der Waals surface area contributed by atoms with Crippen LogP contribution >= 0.6 is 0 Å². The standard InChI is InChI=1S/C15H18N4O/c16-12(11-6-7-11)10-15(20)18-13-4-1-2-5-14(13)19-9-3-8-17-19/h1-5,8-9,11-12H,6-7,10,16H2,(H,18,20). The van der Waals surface area contributed by atoms with Gasteiger partial charge in [-0.1, -0.05) is 12.1 Å². The molecule has 5 heteroatoms. The Morgan fingerprint density at radius 2 is 2.20 bits per heavy atom. The van der Waals surface area contributed by atoms with Crippen molar-refractivity contribution >= 4 is 11.6 Å². The van der Waals surface area contributed by atoms with E-state index in [0.717, 1.165) is 24.2 Å². The van der Waals surface area contributed by atoms with Crippen LogP contribution in [0.5, 0.6) is 0 Å². The number of hydrogen-bond acceptors (Lipinski definition) is 3. The maximum atomic E-state index is 12.1. The fraction of sp³-hybridized carbons (Fsp3) is 0.333. The van der Waals surface area contributed by atoms with Gasteiger partial charge in [-0.05, 0) is 37.0 Å². The van der Waals surface area contributed by atoms with E-state index in [2.05, 4.69) is 10.4 Å². The van der Waals surface area contributed by atoms with Crippen LogP contribution in [0.25, 0.3) is 5.69 Å². The summed E-state index contributed by atoms with van der Waals surface area (Å²) >= 11 is 0. The van der Waals surface area contributed by atoms with Crippen LogP contribution < -0.4 is 11.1 Å². The average Bonchev–Trinajstić information content (AvgIpc) is 3.15. The van der Waals surface area contributed by atoms with Crippen LogP contribution in [0.15, 0.2) is 42.7 Å². The summed E-state index contributed by atoms with van der Waals surface area (Å²) in [6, 6.07) is 9.43. The summed E-state index contributed by atoms with van der Waals surface area (Å²) in [4.78, 5) is 12.1. The molecular weight excluding hydrogens is 252 g/mol. The van der Waals surface area contributed by atoms with E-state index in [4.69, 9.17) is 5.73 Å². The molecule has 5 nitrogen and oxygen atoms in total. The van der Waals surface area contributed by atoms with Gasteiger partial charge in [0.2, 0.25) is 5.91 Å². The maximum Gasteiger partial charge on any atom is 0.226 e. The van der Waals surface area contributed by atoms with Gasteiger partial charge in [0.25, 0.3) is 0 Å². The molecule has 1 aromatic carbocycles. The van der Waals surface area contributed by atoms with Crippen molar-refractivity contribution in [1.82, 2.24) is 9.78 Å². The lowest BCUT2D eigenvalue weighted by molar-refractivity contribution is -0.116. The first kappa shape index (κ1) is 12.9. The smallest absolute Gasteiger partial charge is 0.226 e. The molecule has 104 valence electrons. The molecule has 0 bridgehead atoms. The summed E-state index contributed by atoms with van der Waals surface area (Å²) in [5.41, 5.74) is 7.59. The lowest BCUT2D eigenvalue weighted by Crippen LogP contribution is -2.29. The van der Waals surface area contributed by atoms with Gasteiger partial charge < -0.3 is 11.1 Å². The van der Waals surface area contributed by atoms with E-state index in [9.17, 15) is 4.79 Å². The zero-order valence-electron chi connectivity index (χ0n) is 11.2. The molecule has 1 unspecified atom stereocenters. The summed E-state index contributed by atoms with van der Waals surface area (Å²) in [5, 5.41) is 7.13. The molecule has 0 saturated heterocycles. The van der Waals surface area contributed by atoms with Crippen molar-refractivity contribution < 1.29 is 4.79 Å². The van der Waals surface area contributed by atoms with Crippen LogP contribution in [0.1, 0.15) is 19.3 Å². The van der Waals surface area contributed by atoms with E-state index in [1.807, 2.05) is 36.5 Å². The second-order valence-corrected chi connectivity index (χ2v) is 5.22. The molecule has 3 rings (SSSR count). The van der Waals surface area contributed by atoms with E-state index in [-0.39, 0.29) is 11.9 Å². The number of anilines is 1. The highest BCUT2D eigenvalue weighted by Gasteiger charge is 2.29. The first-order valence-electron chi connectivity index (χ1n) is 6.88. The number of hydrogen-bond donors (Lipinski definition) is 2. The average molecular weight is 270 g/mol. The number of para-hydroxylation sites is 2. The van der Waals surface area contributed by atoms with Crippen LogP contribution in [0.2, 0.25) is 0 Å². The summed E-state index contributed by atoms with van der Waals surface area (Å²) in [5.74, 6) is 0.492. The molecule has 1 saturated carbocycles. The third kappa shape index (κ3) is 2.88. The number of aromatic nitrogens is 2. The summed E-state index contributed by atoms with van der Waals surface area (Å²) in [6.45, 7) is 0. The molecule has 1 aliphatic rings. The lowest BCUT2D eigenvalue weighted by Gasteiger charge is -2.13. The summed E-state index contributed by atoms with van der Waals surface area (Å²) in [6.07, 6.45) is 6.23. The third-order valence-corrected chi connectivity index (χ3v) is 3.58. The number of carbonyl (C=O) groups excluding carboxylic acids is 1. The zero-order chi connectivity index (χ0) is 13.9. The van der Waals surface area contributed by atoms with E-state index in [1.165, 1.54) is 0 Å². The third-order valence-electron chi connectivity index (χ3n) is 3.58. The number of nitrogens with two attached hydrogens (primary N) is 1. The number of rotatable bonds is 5. The van der Waals surface area contributed by atoms with Gasteiger partial charge in [0.1, 0.15) is 0 Å². The van der Waals surface area contributed by atoms with Crippen molar-refractivity contribution in [3.63, 3.8) is 0 Å². The van der Waals surface area contributed by atoms with Gasteiger partial charge in [-0.25, -0.2) is 4.68 Å². The molecular formula is C15H18N4O. The van der Waals surface area contributed by atoms with Crippen LogP contribution in [0, 0.1) is 5.92 Å². The number of nitrogens with one attached hydrogen (secondary N) is 1. The van der Waals surface area contributed by atoms with Crippen molar-refractivity contribution in [1.29, 1.82) is 0 Å². The van der Waals surface area contributed by atoms with Crippen molar-refractivity contribution in [2.24, 2.45) is 11.7 Å². The second-order valence-electron chi connectivity index (χ2n) is 5.22. The molecule has 0 radical (unpaired) electrons. The van der Waals surface area contributed by atoms with Crippen LogP contribution in [-0.4, -0.2) is 21.7 Å². The Morgan fingerprint density at radius 1 is 1.40 bits per heavy atom. The van der Waals surface area contributed by atoms with Crippen molar-refractivity contribution in [3.05, 3.63) is 42.7 Å². The molecule has 2 aromatic rings. The monoisotopic (exact) mass is 270 g/mol. The van der Waals surface area contributed by atoms with Gasteiger partial charge in [0.15, 0.2) is 0 Å². The van der Waals surface area contributed by atoms with Gasteiger partial charge in [-0.3, -0.25) is 4.79 Å². The first-order valence-corrected chi connectivity index (χ1v) is 6.88. The van der Waals surface area contributed by atoms with Gasteiger partial charge in [0.05, 0.1) is 11.4 Å². The Balaban J connectivity index is 1.72. The Bertz CT molecular complexity index is 590. The Morgan fingerprint density at radius 3 is 2.90 bits per heavy atom. The molecule has 0 spiro atoms. The van der Waals surface area contributed by atoms with Crippen molar-refractivity contribution in [2.45, 2.75) is 25.3 Å². The van der Waals surface area contributed by atoms with Gasteiger partial charge >= 0.3 is 0 Å². The van der Waals surface area contributed by atoms with Crippen LogP contribution in [0.4, 0.5) is 5.69 Å². The highest BCUT2D eigenvalue weighted by atomic mass is 16.1. The van der Waals surface area contributed by atoms with E-state index in [0.29, 0.717) is 12.3 Å². The fourth-order valence-electron chi connectivity index (χ4n) is 2.30. The predicted octanol–water partition coefficient (Wildman–Crippen LogP) is 1.94. The summed E-state index contributed by atoms with van der Waals surface area (Å²) < 4.78 is 1.73. The normalized spacial score (nSPS) is 15.8. The van der Waals surface area contributed by atoms with Gasteiger partial charge in [0, 0.05) is 24.9 Å². The molecule has 1 aliphatic carbocycles. The van der Waals surface area contributed by atoms with Crippen LogP contribution in [0.3, 0.4) is 0 Å². The minimum atomic E-state index is -0.0380. The van der Waals surface area contributed by atoms with Crippen LogP contribution in [-0.2, 0) is 4.79 Å². The molecule has 1 aromatic heterocycles. The highest BCUT2D eigenvalue weighted by molar-refractivity contribution is 5.93. The Kier molecular flexibility index (Phi) is 3.52. The first-order chi connectivity index (χ1) is 9.74. The summed E-state index contributed by atoms with van der Waals surface area (Å²) in [7, 11) is 0. The quantitative estimate of drug-likeness (QED) is 0.872. The van der Waals surface area contributed by atoms with E-state index >= 15 is 0 Å². The van der Waals surface area contributed by atoms with Gasteiger partial charge in [-0.2, -0.15) is 5.10 Å². The topological polar surface area (TPSA) is 72.9 Å². The minimum absolute atomic E-state index is 0.0214. The fourth-order valence-corrected chi connectivity index (χ4v) is 2.30. The van der Waals surface area contributed by atoms with Gasteiger partial charge in [-0.15, -0.1) is 0 Å². The molecule has 3 N–H and O–H groups in total. The molecule has 1 fully saturated rings. The predicted molar refractivity (Wildman–Crippen MR) is 77.5 cm³/mol. The largest absolute Gasteiger partial charge is 0.327 e. The number of nitrogens with zero attached hydrogens (tertiary/aromatic N) is 2. The molecule has 0 aliphatic heterocycles. The van der Waals surface area contributed by atoms with Crippen molar-refractivity contribution in [3.8, 4) is 5.69 Å².